The average Bonchev–Trinajstić information content (AvgIpc) is 2.15. The summed E-state index contributed by atoms with van der Waals surface area (Å²) in [7, 11) is 0. The number of hydrogen-bond acceptors (Lipinski definition) is 2. The van der Waals surface area contributed by atoms with E-state index >= 15 is 0 Å². The number of alkyl halides is 3. The lowest BCUT2D eigenvalue weighted by molar-refractivity contribution is -0.137. The summed E-state index contributed by atoms with van der Waals surface area (Å²) >= 11 is 0. The van der Waals surface area contributed by atoms with Crippen molar-refractivity contribution < 1.29 is 22.4 Å². The topological polar surface area (TPSA) is 43.1 Å². The fourth-order valence-electron chi connectivity index (χ4n) is 1.14. The molecule has 0 fully saturated rings. The Balaban J connectivity index is 3.15. The molecule has 88 valence electrons. The van der Waals surface area contributed by atoms with E-state index in [2.05, 4.69) is 0 Å². The summed E-state index contributed by atoms with van der Waals surface area (Å²) in [6.07, 6.45) is -4.63. The van der Waals surface area contributed by atoms with Gasteiger partial charge in [-0.25, -0.2) is 4.39 Å². The first kappa shape index (κ1) is 12.6. The van der Waals surface area contributed by atoms with Crippen molar-refractivity contribution in [2.75, 3.05) is 0 Å². The molecule has 0 spiro atoms. The van der Waals surface area contributed by atoms with E-state index in [4.69, 9.17) is 5.73 Å². The number of rotatable bonds is 2. The molecular weight excluding hydrogens is 226 g/mol. The lowest BCUT2D eigenvalue weighted by Gasteiger charge is -2.09. The minimum Gasteiger partial charge on any atom is -0.321 e. The molecule has 2 nitrogen and oxygen atoms in total. The quantitative estimate of drug-likeness (QED) is 0.631. The molecule has 0 saturated heterocycles. The monoisotopic (exact) mass is 235 g/mol. The predicted molar refractivity (Wildman–Crippen MR) is 49.4 cm³/mol. The van der Waals surface area contributed by atoms with Crippen LogP contribution in [-0.4, -0.2) is 11.8 Å². The second-order valence-corrected chi connectivity index (χ2v) is 3.35. The lowest BCUT2D eigenvalue weighted by Crippen LogP contribution is -2.27. The zero-order valence-corrected chi connectivity index (χ0v) is 8.31. The molecular formula is C10H9F4NO. The van der Waals surface area contributed by atoms with E-state index in [0.717, 1.165) is 6.07 Å². The van der Waals surface area contributed by atoms with Crippen LogP contribution in [0.5, 0.6) is 0 Å². The molecule has 0 aliphatic heterocycles. The van der Waals surface area contributed by atoms with Gasteiger partial charge in [-0.05, 0) is 25.1 Å². The third kappa shape index (κ3) is 2.57. The Morgan fingerprint density at radius 1 is 1.38 bits per heavy atom. The van der Waals surface area contributed by atoms with Gasteiger partial charge in [-0.15, -0.1) is 0 Å². The van der Waals surface area contributed by atoms with Gasteiger partial charge in [0.1, 0.15) is 5.82 Å². The van der Waals surface area contributed by atoms with Gasteiger partial charge in [0, 0.05) is 0 Å². The summed E-state index contributed by atoms with van der Waals surface area (Å²) in [6, 6.07) is 0.782. The molecule has 0 aliphatic carbocycles. The first-order valence-electron chi connectivity index (χ1n) is 4.40. The molecule has 0 aliphatic rings. The maximum atomic E-state index is 13.2. The van der Waals surface area contributed by atoms with Crippen LogP contribution in [0.2, 0.25) is 0 Å². The SMILES string of the molecule is CC(N)C(=O)c1ccc(C(F)(F)F)cc1F. The standard InChI is InChI=1S/C10H9F4NO/c1-5(15)9(16)7-3-2-6(4-8(7)11)10(12,13)14/h2-5H,15H2,1H3. The lowest BCUT2D eigenvalue weighted by atomic mass is 10.0. The first-order valence-corrected chi connectivity index (χ1v) is 4.40. The number of nitrogens with two attached hydrogens (primary N) is 1. The summed E-state index contributed by atoms with van der Waals surface area (Å²) < 4.78 is 49.8. The van der Waals surface area contributed by atoms with Crippen LogP contribution in [0.15, 0.2) is 18.2 Å². The van der Waals surface area contributed by atoms with Crippen molar-refractivity contribution in [3.05, 3.63) is 35.1 Å². The van der Waals surface area contributed by atoms with Crippen molar-refractivity contribution in [1.29, 1.82) is 0 Å². The van der Waals surface area contributed by atoms with Gasteiger partial charge in [0.2, 0.25) is 0 Å². The third-order valence-electron chi connectivity index (χ3n) is 1.98. The van der Waals surface area contributed by atoms with E-state index < -0.39 is 34.9 Å². The number of ketones is 1. The summed E-state index contributed by atoms with van der Waals surface area (Å²) in [5.41, 5.74) is 3.66. The fourth-order valence-corrected chi connectivity index (χ4v) is 1.14. The summed E-state index contributed by atoms with van der Waals surface area (Å²) in [5.74, 6) is -1.94. The zero-order valence-electron chi connectivity index (χ0n) is 8.31. The van der Waals surface area contributed by atoms with Gasteiger partial charge in [-0.2, -0.15) is 13.2 Å². The molecule has 0 heterocycles. The van der Waals surface area contributed by atoms with Gasteiger partial charge in [0.25, 0.3) is 0 Å². The Morgan fingerprint density at radius 2 is 1.94 bits per heavy atom. The number of hydrogen-bond donors (Lipinski definition) is 1. The first-order chi connectivity index (χ1) is 7.23. The van der Waals surface area contributed by atoms with Crippen LogP contribution in [0.4, 0.5) is 17.6 Å². The molecule has 2 N–H and O–H groups in total. The predicted octanol–water partition coefficient (Wildman–Crippen LogP) is 2.37. The molecule has 6 heteroatoms. The number of Topliss-reactive ketones (excluding diaryl/α,β-unsaturated/α-hetero) is 1. The smallest absolute Gasteiger partial charge is 0.321 e. The molecule has 0 radical (unpaired) electrons. The second kappa shape index (κ2) is 4.21. The van der Waals surface area contributed by atoms with Crippen molar-refractivity contribution in [2.45, 2.75) is 19.1 Å². The molecule has 0 bridgehead atoms. The van der Waals surface area contributed by atoms with E-state index in [1.807, 2.05) is 0 Å². The van der Waals surface area contributed by atoms with Gasteiger partial charge >= 0.3 is 6.18 Å². The van der Waals surface area contributed by atoms with Crippen LogP contribution in [0.25, 0.3) is 0 Å². The fraction of sp³-hybridized carbons (Fsp3) is 0.300. The molecule has 1 aromatic rings. The largest absolute Gasteiger partial charge is 0.416 e. The van der Waals surface area contributed by atoms with Crippen LogP contribution >= 0.6 is 0 Å². The van der Waals surface area contributed by atoms with E-state index in [1.165, 1.54) is 6.92 Å². The molecule has 1 aromatic carbocycles. The highest BCUT2D eigenvalue weighted by atomic mass is 19.4. The van der Waals surface area contributed by atoms with Crippen LogP contribution in [-0.2, 0) is 6.18 Å². The molecule has 1 rings (SSSR count). The highest BCUT2D eigenvalue weighted by molar-refractivity contribution is 5.99. The average molecular weight is 235 g/mol. The molecule has 16 heavy (non-hydrogen) atoms. The summed E-state index contributed by atoms with van der Waals surface area (Å²) in [5, 5.41) is 0. The van der Waals surface area contributed by atoms with Gasteiger partial charge in [-0.1, -0.05) is 0 Å². The van der Waals surface area contributed by atoms with E-state index in [1.54, 1.807) is 0 Å². The molecule has 0 saturated carbocycles. The molecule has 1 unspecified atom stereocenters. The Bertz CT molecular complexity index is 412. The molecule has 0 amide bonds. The highest BCUT2D eigenvalue weighted by Gasteiger charge is 2.31. The van der Waals surface area contributed by atoms with Gasteiger partial charge in [0.15, 0.2) is 5.78 Å². The Morgan fingerprint density at radius 3 is 2.31 bits per heavy atom. The highest BCUT2D eigenvalue weighted by Crippen LogP contribution is 2.30. The van der Waals surface area contributed by atoms with Crippen LogP contribution in [0, 0.1) is 5.82 Å². The number of carbonyl (C=O) groups is 1. The van der Waals surface area contributed by atoms with Crippen LogP contribution in [0.1, 0.15) is 22.8 Å². The summed E-state index contributed by atoms with van der Waals surface area (Å²) in [4.78, 5) is 11.3. The van der Waals surface area contributed by atoms with E-state index in [0.29, 0.717) is 6.07 Å². The van der Waals surface area contributed by atoms with Crippen molar-refractivity contribution in [3.8, 4) is 0 Å². The van der Waals surface area contributed by atoms with E-state index in [-0.39, 0.29) is 6.07 Å². The molecule has 0 aromatic heterocycles. The maximum Gasteiger partial charge on any atom is 0.416 e. The Kier molecular flexibility index (Phi) is 3.32. The number of carbonyl (C=O) groups excluding carboxylic acids is 1. The van der Waals surface area contributed by atoms with Crippen molar-refractivity contribution in [1.82, 2.24) is 0 Å². The molecule has 1 atom stereocenters. The van der Waals surface area contributed by atoms with Crippen LogP contribution in [0.3, 0.4) is 0 Å². The van der Waals surface area contributed by atoms with E-state index in [9.17, 15) is 22.4 Å². The van der Waals surface area contributed by atoms with Gasteiger partial charge < -0.3 is 5.73 Å². The van der Waals surface area contributed by atoms with Crippen molar-refractivity contribution in [3.63, 3.8) is 0 Å². The minimum absolute atomic E-state index is 0.287. The Hall–Kier alpha value is -1.43. The van der Waals surface area contributed by atoms with Crippen LogP contribution < -0.4 is 5.73 Å². The normalized spacial score (nSPS) is 13.6. The second-order valence-electron chi connectivity index (χ2n) is 3.35. The minimum atomic E-state index is -4.63. The Labute approximate surface area is 89.1 Å². The summed E-state index contributed by atoms with van der Waals surface area (Å²) in [6.45, 7) is 1.33. The number of benzene rings is 1. The van der Waals surface area contributed by atoms with Gasteiger partial charge in [-0.3, -0.25) is 4.79 Å². The maximum absolute atomic E-state index is 13.2. The third-order valence-corrected chi connectivity index (χ3v) is 1.98. The van der Waals surface area contributed by atoms with Crippen molar-refractivity contribution in [2.24, 2.45) is 5.73 Å². The van der Waals surface area contributed by atoms with Gasteiger partial charge in [0.05, 0.1) is 17.2 Å². The zero-order chi connectivity index (χ0) is 12.5. The van der Waals surface area contributed by atoms with Crippen molar-refractivity contribution >= 4 is 5.78 Å². The number of halogens is 4.